The third kappa shape index (κ3) is 5.43. The quantitative estimate of drug-likeness (QED) is 0.498. The molecule has 0 radical (unpaired) electrons. The molecular formula is C14H19FNO3P. The average molecular weight is 299 g/mol. The second kappa shape index (κ2) is 8.18. The van der Waals surface area contributed by atoms with Gasteiger partial charge in [0, 0.05) is 0 Å². The van der Waals surface area contributed by atoms with E-state index in [1.54, 1.807) is 12.1 Å². The van der Waals surface area contributed by atoms with E-state index in [4.69, 9.17) is 9.26 Å². The van der Waals surface area contributed by atoms with Gasteiger partial charge in [0.05, 0.1) is 6.54 Å². The molecule has 0 spiro atoms. The minimum Gasteiger partial charge on any atom is -0.461 e. The maximum atomic E-state index is 12.7. The molecule has 0 aliphatic heterocycles. The number of hydrogen-bond acceptors (Lipinski definition) is 4. The van der Waals surface area contributed by atoms with Crippen molar-refractivity contribution in [3.63, 3.8) is 0 Å². The molecule has 1 fully saturated rings. The van der Waals surface area contributed by atoms with E-state index in [1.807, 2.05) is 0 Å². The van der Waals surface area contributed by atoms with Gasteiger partial charge in [0.1, 0.15) is 26.6 Å². The van der Waals surface area contributed by atoms with Gasteiger partial charge in [0.25, 0.3) is 0 Å². The van der Waals surface area contributed by atoms with Crippen molar-refractivity contribution in [3.8, 4) is 5.75 Å². The number of halogens is 1. The van der Waals surface area contributed by atoms with Crippen LogP contribution in [0.5, 0.6) is 5.75 Å². The van der Waals surface area contributed by atoms with Crippen LogP contribution in [0.2, 0.25) is 0 Å². The maximum Gasteiger partial charge on any atom is 0.320 e. The predicted octanol–water partition coefficient (Wildman–Crippen LogP) is 3.18. The second-order valence-corrected chi connectivity index (χ2v) is 5.52. The normalized spacial score (nSPS) is 16.4. The Morgan fingerprint density at radius 1 is 1.25 bits per heavy atom. The van der Waals surface area contributed by atoms with Crippen molar-refractivity contribution in [2.75, 3.05) is 6.54 Å². The van der Waals surface area contributed by atoms with Gasteiger partial charge < -0.3 is 9.26 Å². The standard InChI is InChI=1S/C14H19FNO3P/c15-11-6-8-13(9-7-11)19-20-16-10-14(17)18-12-4-2-1-3-5-12/h6-9,12,16,20H,1-5,10H2. The zero-order chi connectivity index (χ0) is 14.2. The molecule has 0 bridgehead atoms. The predicted molar refractivity (Wildman–Crippen MR) is 76.3 cm³/mol. The highest BCUT2D eigenvalue weighted by Gasteiger charge is 2.17. The van der Waals surface area contributed by atoms with Gasteiger partial charge in [-0.3, -0.25) is 9.88 Å². The number of carbonyl (C=O) groups excluding carboxylic acids is 1. The first-order chi connectivity index (χ1) is 9.74. The Bertz CT molecular complexity index is 421. The van der Waals surface area contributed by atoms with Crippen LogP contribution in [0.4, 0.5) is 4.39 Å². The van der Waals surface area contributed by atoms with Gasteiger partial charge in [-0.25, -0.2) is 4.39 Å². The van der Waals surface area contributed by atoms with Crippen LogP contribution in [-0.4, -0.2) is 18.6 Å². The Morgan fingerprint density at radius 2 is 1.95 bits per heavy atom. The molecule has 20 heavy (non-hydrogen) atoms. The minimum atomic E-state index is -0.301. The van der Waals surface area contributed by atoms with Gasteiger partial charge in [0.15, 0.2) is 0 Å². The lowest BCUT2D eigenvalue weighted by atomic mass is 9.98. The molecule has 1 aromatic rings. The topological polar surface area (TPSA) is 47.6 Å². The van der Waals surface area contributed by atoms with Gasteiger partial charge in [-0.05, 0) is 49.9 Å². The van der Waals surface area contributed by atoms with E-state index < -0.39 is 0 Å². The molecule has 1 aliphatic rings. The Balaban J connectivity index is 1.58. The van der Waals surface area contributed by atoms with Crippen molar-refractivity contribution in [2.24, 2.45) is 0 Å². The van der Waals surface area contributed by atoms with Crippen molar-refractivity contribution in [1.82, 2.24) is 5.09 Å². The third-order valence-electron chi connectivity index (χ3n) is 3.14. The fourth-order valence-electron chi connectivity index (χ4n) is 2.12. The Labute approximate surface area is 120 Å². The SMILES string of the molecule is O=C(CNPOc1ccc(F)cc1)OC1CCCCC1. The summed E-state index contributed by atoms with van der Waals surface area (Å²) in [6, 6.07) is 5.75. The van der Waals surface area contributed by atoms with Gasteiger partial charge >= 0.3 is 5.97 Å². The average Bonchev–Trinajstić information content (AvgIpc) is 2.46. The van der Waals surface area contributed by atoms with E-state index in [0.717, 1.165) is 25.7 Å². The first kappa shape index (κ1) is 15.2. The summed E-state index contributed by atoms with van der Waals surface area (Å²) in [4.78, 5) is 11.6. The van der Waals surface area contributed by atoms with Crippen molar-refractivity contribution in [3.05, 3.63) is 30.1 Å². The van der Waals surface area contributed by atoms with E-state index in [9.17, 15) is 9.18 Å². The molecule has 1 aliphatic carbocycles. The molecular weight excluding hydrogens is 280 g/mol. The summed E-state index contributed by atoms with van der Waals surface area (Å²) in [6.07, 6.45) is 5.54. The zero-order valence-electron chi connectivity index (χ0n) is 11.2. The van der Waals surface area contributed by atoms with Crippen molar-refractivity contribution in [2.45, 2.75) is 38.2 Å². The molecule has 6 heteroatoms. The summed E-state index contributed by atoms with van der Waals surface area (Å²) in [5.74, 6) is 0.0229. The summed E-state index contributed by atoms with van der Waals surface area (Å²) in [5.41, 5.74) is 0. The van der Waals surface area contributed by atoms with E-state index in [2.05, 4.69) is 5.09 Å². The fraction of sp³-hybridized carbons (Fsp3) is 0.500. The maximum absolute atomic E-state index is 12.7. The first-order valence-electron chi connectivity index (χ1n) is 6.84. The third-order valence-corrected chi connectivity index (χ3v) is 3.80. The molecule has 0 aromatic heterocycles. The Kier molecular flexibility index (Phi) is 6.22. The lowest BCUT2D eigenvalue weighted by Crippen LogP contribution is -2.26. The molecule has 1 N–H and O–H groups in total. The molecule has 4 nitrogen and oxygen atoms in total. The number of carbonyl (C=O) groups is 1. The molecule has 110 valence electrons. The van der Waals surface area contributed by atoms with Gasteiger partial charge in [-0.15, -0.1) is 0 Å². The summed E-state index contributed by atoms with van der Waals surface area (Å²) in [5, 5.41) is 2.88. The minimum absolute atomic E-state index is 0.0619. The van der Waals surface area contributed by atoms with Crippen LogP contribution in [0.3, 0.4) is 0 Å². The highest BCUT2D eigenvalue weighted by atomic mass is 31.1. The van der Waals surface area contributed by atoms with Crippen LogP contribution in [0.15, 0.2) is 24.3 Å². The molecule has 2 rings (SSSR count). The summed E-state index contributed by atoms with van der Waals surface area (Å²) >= 11 is 0. The Hall–Kier alpha value is -1.19. The molecule has 1 unspecified atom stereocenters. The molecule has 0 amide bonds. The second-order valence-electron chi connectivity index (χ2n) is 4.76. The monoisotopic (exact) mass is 299 g/mol. The number of nitrogens with one attached hydrogen (secondary N) is 1. The molecule has 0 heterocycles. The number of ether oxygens (including phenoxy) is 1. The van der Waals surface area contributed by atoms with Crippen molar-refractivity contribution >= 4 is 14.9 Å². The van der Waals surface area contributed by atoms with Crippen LogP contribution in [0, 0.1) is 5.82 Å². The van der Waals surface area contributed by atoms with Gasteiger partial charge in [-0.1, -0.05) is 6.42 Å². The fourth-order valence-corrected chi connectivity index (χ4v) is 2.66. The number of hydrogen-bond donors (Lipinski definition) is 1. The first-order valence-corrected chi connectivity index (χ1v) is 7.74. The van der Waals surface area contributed by atoms with E-state index >= 15 is 0 Å². The zero-order valence-corrected chi connectivity index (χ0v) is 12.2. The van der Waals surface area contributed by atoms with Crippen LogP contribution in [-0.2, 0) is 9.53 Å². The lowest BCUT2D eigenvalue weighted by Gasteiger charge is -2.21. The lowest BCUT2D eigenvalue weighted by molar-refractivity contribution is -0.148. The van der Waals surface area contributed by atoms with Crippen LogP contribution < -0.4 is 9.61 Å². The highest BCUT2D eigenvalue weighted by Crippen LogP contribution is 2.21. The van der Waals surface area contributed by atoms with Crippen molar-refractivity contribution in [1.29, 1.82) is 0 Å². The Morgan fingerprint density at radius 3 is 2.65 bits per heavy atom. The van der Waals surface area contributed by atoms with Crippen LogP contribution in [0.25, 0.3) is 0 Å². The molecule has 1 aromatic carbocycles. The van der Waals surface area contributed by atoms with E-state index in [1.165, 1.54) is 18.6 Å². The van der Waals surface area contributed by atoms with Gasteiger partial charge in [-0.2, -0.15) is 0 Å². The smallest absolute Gasteiger partial charge is 0.320 e. The number of esters is 1. The highest BCUT2D eigenvalue weighted by molar-refractivity contribution is 7.30. The van der Waals surface area contributed by atoms with Crippen molar-refractivity contribution < 1.29 is 18.4 Å². The summed E-state index contributed by atoms with van der Waals surface area (Å²) in [7, 11) is -0.0619. The molecule has 1 atom stereocenters. The van der Waals surface area contributed by atoms with E-state index in [-0.39, 0.29) is 33.4 Å². The molecule has 0 saturated heterocycles. The van der Waals surface area contributed by atoms with E-state index in [0.29, 0.717) is 5.75 Å². The van der Waals surface area contributed by atoms with Gasteiger partial charge in [0.2, 0.25) is 0 Å². The molecule has 1 saturated carbocycles. The summed E-state index contributed by atoms with van der Waals surface area (Å²) < 4.78 is 23.4. The largest absolute Gasteiger partial charge is 0.461 e. The summed E-state index contributed by atoms with van der Waals surface area (Å²) in [6.45, 7) is 0.135. The number of benzene rings is 1. The van der Waals surface area contributed by atoms with Crippen LogP contribution >= 0.6 is 8.96 Å². The van der Waals surface area contributed by atoms with Crippen LogP contribution in [0.1, 0.15) is 32.1 Å². The number of rotatable bonds is 6.